The number of aromatic hydroxyl groups is 1. The first-order valence-electron chi connectivity index (χ1n) is 10.4. The van der Waals surface area contributed by atoms with Crippen LogP contribution in [0.3, 0.4) is 0 Å². The maximum absolute atomic E-state index is 11.8. The van der Waals surface area contributed by atoms with E-state index in [-0.39, 0.29) is 33.4 Å². The highest BCUT2D eigenvalue weighted by molar-refractivity contribution is 7.86. The van der Waals surface area contributed by atoms with E-state index in [0.29, 0.717) is 11.1 Å². The lowest BCUT2D eigenvalue weighted by molar-refractivity contribution is 0.0686. The third-order valence-corrected chi connectivity index (χ3v) is 6.13. The summed E-state index contributed by atoms with van der Waals surface area (Å²) in [5.74, 6) is -2.78. The number of hydrogen-bond acceptors (Lipinski definition) is 8. The van der Waals surface area contributed by atoms with Gasteiger partial charge < -0.3 is 15.3 Å². The van der Waals surface area contributed by atoms with Crippen LogP contribution in [0.4, 0.5) is 11.4 Å². The van der Waals surface area contributed by atoms with Crippen molar-refractivity contribution in [1.82, 2.24) is 4.98 Å². The molecule has 12 heteroatoms. The lowest BCUT2D eigenvalue weighted by Crippen LogP contribution is -2.00. The van der Waals surface area contributed by atoms with Crippen molar-refractivity contribution in [3.63, 3.8) is 0 Å². The topological polar surface area (TPSA) is 187 Å². The minimum Gasteiger partial charge on any atom is -0.504 e. The van der Waals surface area contributed by atoms with Gasteiger partial charge in [-0.25, -0.2) is 9.59 Å². The number of pyridine rings is 1. The minimum atomic E-state index is -4.68. The van der Waals surface area contributed by atoms with Crippen LogP contribution in [-0.4, -0.2) is 45.2 Å². The molecule has 186 valence electrons. The van der Waals surface area contributed by atoms with Gasteiger partial charge in [0.05, 0.1) is 16.8 Å². The van der Waals surface area contributed by atoms with Crippen LogP contribution >= 0.6 is 0 Å². The van der Waals surface area contributed by atoms with E-state index in [1.54, 1.807) is 24.3 Å². The Hall–Kier alpha value is -4.94. The summed E-state index contributed by atoms with van der Waals surface area (Å²) in [5.41, 5.74) is 0.668. The second-order valence-electron chi connectivity index (χ2n) is 7.65. The van der Waals surface area contributed by atoms with Gasteiger partial charge >= 0.3 is 11.9 Å². The zero-order valence-corrected chi connectivity index (χ0v) is 19.5. The number of aromatic nitrogens is 1. The molecular weight excluding hydrogens is 502 g/mol. The molecule has 37 heavy (non-hydrogen) atoms. The number of aromatic carboxylic acids is 2. The SMILES string of the molecule is O=C(O)c1ccc(C=Cc2ccc(N=Nc3cc(S(=O)(=O)O)c4cccnc4c3O)cc2C(=O)O)cc1. The molecule has 11 nitrogen and oxygen atoms in total. The van der Waals surface area contributed by atoms with Gasteiger partial charge in [0.25, 0.3) is 10.1 Å². The number of carboxylic acid groups (broad SMARTS) is 2. The summed E-state index contributed by atoms with van der Waals surface area (Å²) >= 11 is 0. The first kappa shape index (κ1) is 25.2. The average Bonchev–Trinajstić information content (AvgIpc) is 2.87. The van der Waals surface area contributed by atoms with Crippen LogP contribution in [0.25, 0.3) is 23.1 Å². The Morgan fingerprint density at radius 2 is 1.62 bits per heavy atom. The van der Waals surface area contributed by atoms with Gasteiger partial charge in [0.2, 0.25) is 0 Å². The van der Waals surface area contributed by atoms with Crippen LogP contribution in [0.1, 0.15) is 31.8 Å². The number of phenolic OH excluding ortho intramolecular Hbond substituents is 1. The maximum Gasteiger partial charge on any atom is 0.336 e. The molecule has 0 aliphatic carbocycles. The van der Waals surface area contributed by atoms with E-state index in [1.807, 2.05) is 0 Å². The molecule has 3 aromatic carbocycles. The van der Waals surface area contributed by atoms with Gasteiger partial charge in [-0.2, -0.15) is 13.5 Å². The summed E-state index contributed by atoms with van der Waals surface area (Å²) in [5, 5.41) is 36.9. The number of azo groups is 1. The number of nitrogens with zero attached hydrogens (tertiary/aromatic N) is 3. The molecule has 0 aliphatic rings. The fraction of sp³-hybridized carbons (Fsp3) is 0. The standard InChI is InChI=1S/C25H17N3O8S/c29-23-20(13-21(37(34,35)36)18-2-1-11-26-22(18)23)28-27-17-10-9-15(19(12-17)25(32)33)6-3-14-4-7-16(8-5-14)24(30)31/h1-13,29H,(H,30,31)(H,32,33)(H,34,35,36). The molecule has 1 aromatic heterocycles. The van der Waals surface area contributed by atoms with Crippen molar-refractivity contribution >= 4 is 56.5 Å². The Morgan fingerprint density at radius 3 is 2.27 bits per heavy atom. The normalized spacial score (nSPS) is 11.9. The number of carboxylic acids is 2. The molecular formula is C25H17N3O8S. The van der Waals surface area contributed by atoms with E-state index in [2.05, 4.69) is 15.2 Å². The molecule has 0 saturated heterocycles. The predicted octanol–water partition coefficient (Wildman–Crippen LogP) is 5.17. The van der Waals surface area contributed by atoms with Crippen molar-refractivity contribution in [3.8, 4) is 5.75 Å². The fourth-order valence-corrected chi connectivity index (χ4v) is 4.15. The third kappa shape index (κ3) is 5.50. The summed E-state index contributed by atoms with van der Waals surface area (Å²) in [6, 6.07) is 13.9. The average molecular weight is 519 g/mol. The first-order valence-corrected chi connectivity index (χ1v) is 11.9. The smallest absolute Gasteiger partial charge is 0.336 e. The Balaban J connectivity index is 1.68. The largest absolute Gasteiger partial charge is 0.504 e. The van der Waals surface area contributed by atoms with E-state index in [1.165, 1.54) is 48.7 Å². The van der Waals surface area contributed by atoms with Crippen LogP contribution in [0.15, 0.2) is 82.0 Å². The molecule has 0 aliphatic heterocycles. The van der Waals surface area contributed by atoms with E-state index in [9.17, 15) is 32.8 Å². The van der Waals surface area contributed by atoms with Gasteiger partial charge in [0.1, 0.15) is 16.1 Å². The van der Waals surface area contributed by atoms with E-state index in [4.69, 9.17) is 5.11 Å². The Labute approximate surface area is 209 Å². The Morgan fingerprint density at radius 1 is 0.892 bits per heavy atom. The highest BCUT2D eigenvalue weighted by Crippen LogP contribution is 2.38. The van der Waals surface area contributed by atoms with Gasteiger partial charge in [-0.1, -0.05) is 30.4 Å². The van der Waals surface area contributed by atoms with E-state index >= 15 is 0 Å². The Kier molecular flexibility index (Phi) is 6.78. The van der Waals surface area contributed by atoms with Gasteiger partial charge in [-0.05, 0) is 53.6 Å². The summed E-state index contributed by atoms with van der Waals surface area (Å²) in [6.45, 7) is 0. The predicted molar refractivity (Wildman–Crippen MR) is 133 cm³/mol. The summed E-state index contributed by atoms with van der Waals surface area (Å²) in [4.78, 5) is 26.2. The molecule has 0 spiro atoms. The molecule has 0 unspecified atom stereocenters. The molecule has 0 fully saturated rings. The second kappa shape index (κ2) is 9.97. The molecule has 1 heterocycles. The van der Waals surface area contributed by atoms with Crippen LogP contribution in [0.2, 0.25) is 0 Å². The first-order chi connectivity index (χ1) is 17.5. The van der Waals surface area contributed by atoms with Gasteiger partial charge in [0, 0.05) is 11.6 Å². The molecule has 0 atom stereocenters. The fourth-order valence-electron chi connectivity index (χ4n) is 3.45. The van der Waals surface area contributed by atoms with Crippen molar-refractivity contribution in [3.05, 3.63) is 89.1 Å². The zero-order valence-electron chi connectivity index (χ0n) is 18.7. The highest BCUT2D eigenvalue weighted by atomic mass is 32.2. The number of hydrogen-bond donors (Lipinski definition) is 4. The summed E-state index contributed by atoms with van der Waals surface area (Å²) in [7, 11) is -4.68. The molecule has 0 amide bonds. The number of rotatable bonds is 7. The number of fused-ring (bicyclic) bond motifs is 1. The van der Waals surface area contributed by atoms with Gasteiger partial charge in [-0.15, -0.1) is 5.11 Å². The van der Waals surface area contributed by atoms with Crippen molar-refractivity contribution in [2.75, 3.05) is 0 Å². The van der Waals surface area contributed by atoms with Gasteiger partial charge in [0.15, 0.2) is 5.75 Å². The molecule has 4 N–H and O–H groups in total. The highest BCUT2D eigenvalue weighted by Gasteiger charge is 2.20. The van der Waals surface area contributed by atoms with Gasteiger partial charge in [-0.3, -0.25) is 9.54 Å². The second-order valence-corrected chi connectivity index (χ2v) is 9.04. The lowest BCUT2D eigenvalue weighted by atomic mass is 10.0. The summed E-state index contributed by atoms with van der Waals surface area (Å²) < 4.78 is 33.2. The zero-order chi connectivity index (χ0) is 26.7. The van der Waals surface area contributed by atoms with Crippen molar-refractivity contribution < 1.29 is 37.9 Å². The number of benzene rings is 3. The van der Waals surface area contributed by atoms with Crippen LogP contribution in [0, 0.1) is 0 Å². The molecule has 4 aromatic rings. The molecule has 0 radical (unpaired) electrons. The minimum absolute atomic E-state index is 0.0108. The monoisotopic (exact) mass is 519 g/mol. The van der Waals surface area contributed by atoms with Crippen molar-refractivity contribution in [2.45, 2.75) is 4.90 Å². The van der Waals surface area contributed by atoms with E-state index in [0.717, 1.165) is 6.07 Å². The maximum atomic E-state index is 11.8. The Bertz CT molecular complexity index is 1710. The van der Waals surface area contributed by atoms with Crippen molar-refractivity contribution in [2.24, 2.45) is 10.2 Å². The third-order valence-electron chi connectivity index (χ3n) is 5.24. The van der Waals surface area contributed by atoms with Crippen LogP contribution in [0.5, 0.6) is 5.75 Å². The number of carbonyl (C=O) groups is 2. The molecule has 0 bridgehead atoms. The lowest BCUT2D eigenvalue weighted by Gasteiger charge is -2.07. The van der Waals surface area contributed by atoms with Crippen LogP contribution < -0.4 is 0 Å². The van der Waals surface area contributed by atoms with Crippen LogP contribution in [-0.2, 0) is 10.1 Å². The summed E-state index contributed by atoms with van der Waals surface area (Å²) in [6.07, 6.45) is 4.48. The van der Waals surface area contributed by atoms with Crippen molar-refractivity contribution in [1.29, 1.82) is 0 Å². The molecule has 0 saturated carbocycles. The number of phenols is 1. The molecule has 4 rings (SSSR count). The quantitative estimate of drug-likeness (QED) is 0.145. The van der Waals surface area contributed by atoms with E-state index < -0.39 is 32.7 Å².